The molecule has 3 rings (SSSR count). The van der Waals surface area contributed by atoms with Gasteiger partial charge in [0.1, 0.15) is 0 Å². The van der Waals surface area contributed by atoms with E-state index in [-0.39, 0.29) is 11.3 Å². The molecule has 1 heterocycles. The molecule has 0 bridgehead atoms. The molecule has 1 saturated carbocycles. The number of nitrogens with zero attached hydrogens (tertiary/aromatic N) is 2. The molecule has 0 unspecified atom stereocenters. The summed E-state index contributed by atoms with van der Waals surface area (Å²) in [5, 5.41) is 2.97. The fourth-order valence-electron chi connectivity index (χ4n) is 2.28. The quantitative estimate of drug-likeness (QED) is 0.860. The molecular weight excluding hydrogens is 240 g/mol. The van der Waals surface area contributed by atoms with Crippen LogP contribution in [0, 0.1) is 5.41 Å². The second kappa shape index (κ2) is 4.35. The Labute approximate surface area is 111 Å². The van der Waals surface area contributed by atoms with Crippen LogP contribution in [0.3, 0.4) is 0 Å². The van der Waals surface area contributed by atoms with Crippen LogP contribution in [-0.2, 0) is 7.05 Å². The van der Waals surface area contributed by atoms with Gasteiger partial charge in [-0.2, -0.15) is 0 Å². The first-order chi connectivity index (χ1) is 9.13. The summed E-state index contributed by atoms with van der Waals surface area (Å²) in [6.45, 7) is 1.31. The van der Waals surface area contributed by atoms with Crippen molar-refractivity contribution in [3.8, 4) is 0 Å². The molecule has 1 aromatic carbocycles. The smallest absolute Gasteiger partial charge is 0.251 e. The number of aromatic nitrogens is 2. The van der Waals surface area contributed by atoms with E-state index in [0.717, 1.165) is 23.9 Å². The summed E-state index contributed by atoms with van der Waals surface area (Å²) in [6.07, 6.45) is 3.98. The Hall–Kier alpha value is -1.88. The van der Waals surface area contributed by atoms with Gasteiger partial charge in [0.15, 0.2) is 0 Å². The minimum atomic E-state index is -0.0488. The molecular formula is C14H18N4O. The van der Waals surface area contributed by atoms with Crippen molar-refractivity contribution in [1.29, 1.82) is 0 Å². The number of benzene rings is 1. The van der Waals surface area contributed by atoms with Gasteiger partial charge in [0.05, 0.1) is 17.4 Å². The fraction of sp³-hybridized carbons (Fsp3) is 0.429. The van der Waals surface area contributed by atoms with Gasteiger partial charge in [0.2, 0.25) is 0 Å². The topological polar surface area (TPSA) is 72.9 Å². The van der Waals surface area contributed by atoms with Crippen LogP contribution >= 0.6 is 0 Å². The lowest BCUT2D eigenvalue weighted by Gasteiger charge is -2.13. The van der Waals surface area contributed by atoms with Crippen LogP contribution < -0.4 is 11.1 Å². The van der Waals surface area contributed by atoms with Gasteiger partial charge in [-0.15, -0.1) is 0 Å². The molecule has 1 aromatic heterocycles. The van der Waals surface area contributed by atoms with Crippen LogP contribution in [-0.4, -0.2) is 28.5 Å². The summed E-state index contributed by atoms with van der Waals surface area (Å²) in [6, 6.07) is 5.58. The molecule has 1 aliphatic carbocycles. The summed E-state index contributed by atoms with van der Waals surface area (Å²) >= 11 is 0. The molecule has 0 atom stereocenters. The zero-order valence-corrected chi connectivity index (χ0v) is 11.0. The van der Waals surface area contributed by atoms with E-state index in [2.05, 4.69) is 10.3 Å². The first kappa shape index (κ1) is 12.2. The Morgan fingerprint density at radius 3 is 3.00 bits per heavy atom. The lowest BCUT2D eigenvalue weighted by atomic mass is 10.1. The summed E-state index contributed by atoms with van der Waals surface area (Å²) in [7, 11) is 1.94. The number of nitrogens with two attached hydrogens (primary N) is 1. The molecule has 19 heavy (non-hydrogen) atoms. The van der Waals surface area contributed by atoms with Crippen LogP contribution in [0.4, 0.5) is 0 Å². The number of aryl methyl sites for hydroxylation is 1. The second-order valence-electron chi connectivity index (χ2n) is 5.45. The Balaban J connectivity index is 1.74. The Kier molecular flexibility index (Phi) is 2.78. The van der Waals surface area contributed by atoms with E-state index in [1.165, 1.54) is 0 Å². The van der Waals surface area contributed by atoms with Crippen molar-refractivity contribution in [2.24, 2.45) is 18.2 Å². The van der Waals surface area contributed by atoms with Gasteiger partial charge in [-0.3, -0.25) is 4.79 Å². The number of carbonyl (C=O) groups excluding carboxylic acids is 1. The third-order valence-corrected chi connectivity index (χ3v) is 4.00. The van der Waals surface area contributed by atoms with E-state index in [1.807, 2.05) is 29.8 Å². The highest BCUT2D eigenvalue weighted by atomic mass is 16.1. The lowest BCUT2D eigenvalue weighted by molar-refractivity contribution is 0.0945. The SMILES string of the molecule is Cn1cnc2cc(C(=O)NCC3(CN)CC3)ccc21. The van der Waals surface area contributed by atoms with Crippen molar-refractivity contribution < 1.29 is 4.79 Å². The number of hydrogen-bond acceptors (Lipinski definition) is 3. The van der Waals surface area contributed by atoms with Gasteiger partial charge in [-0.25, -0.2) is 4.98 Å². The number of nitrogens with one attached hydrogen (secondary N) is 1. The molecule has 0 saturated heterocycles. The summed E-state index contributed by atoms with van der Waals surface area (Å²) < 4.78 is 1.94. The molecule has 0 spiro atoms. The third-order valence-electron chi connectivity index (χ3n) is 4.00. The van der Waals surface area contributed by atoms with Gasteiger partial charge in [-0.05, 0) is 37.6 Å². The van der Waals surface area contributed by atoms with Crippen molar-refractivity contribution in [2.75, 3.05) is 13.1 Å². The van der Waals surface area contributed by atoms with Crippen LogP contribution in [0.25, 0.3) is 11.0 Å². The lowest BCUT2D eigenvalue weighted by Crippen LogP contribution is -2.33. The molecule has 1 fully saturated rings. The molecule has 2 aromatic rings. The van der Waals surface area contributed by atoms with Gasteiger partial charge in [-0.1, -0.05) is 0 Å². The largest absolute Gasteiger partial charge is 0.351 e. The second-order valence-corrected chi connectivity index (χ2v) is 5.45. The maximum Gasteiger partial charge on any atom is 0.251 e. The number of imidazole rings is 1. The zero-order valence-electron chi connectivity index (χ0n) is 11.0. The average molecular weight is 258 g/mol. The number of amides is 1. The summed E-state index contributed by atoms with van der Waals surface area (Å²) in [5.74, 6) is -0.0488. The fourth-order valence-corrected chi connectivity index (χ4v) is 2.28. The number of carbonyl (C=O) groups is 1. The van der Waals surface area contributed by atoms with E-state index in [0.29, 0.717) is 18.7 Å². The predicted molar refractivity (Wildman–Crippen MR) is 73.8 cm³/mol. The van der Waals surface area contributed by atoms with Crippen molar-refractivity contribution in [3.05, 3.63) is 30.1 Å². The van der Waals surface area contributed by atoms with Gasteiger partial charge >= 0.3 is 0 Å². The summed E-state index contributed by atoms with van der Waals surface area (Å²) in [4.78, 5) is 16.4. The molecule has 3 N–H and O–H groups in total. The van der Waals surface area contributed by atoms with E-state index >= 15 is 0 Å². The third kappa shape index (κ3) is 2.21. The molecule has 1 amide bonds. The van der Waals surface area contributed by atoms with E-state index in [9.17, 15) is 4.79 Å². The monoisotopic (exact) mass is 258 g/mol. The molecule has 0 aliphatic heterocycles. The van der Waals surface area contributed by atoms with E-state index in [4.69, 9.17) is 5.73 Å². The minimum Gasteiger partial charge on any atom is -0.351 e. The van der Waals surface area contributed by atoms with E-state index in [1.54, 1.807) is 6.33 Å². The number of hydrogen-bond donors (Lipinski definition) is 2. The number of rotatable bonds is 4. The van der Waals surface area contributed by atoms with Gasteiger partial charge < -0.3 is 15.6 Å². The maximum absolute atomic E-state index is 12.1. The first-order valence-electron chi connectivity index (χ1n) is 6.53. The minimum absolute atomic E-state index is 0.0488. The normalized spacial score (nSPS) is 16.5. The molecule has 0 radical (unpaired) electrons. The molecule has 5 heteroatoms. The van der Waals surface area contributed by atoms with Crippen molar-refractivity contribution >= 4 is 16.9 Å². The molecule has 5 nitrogen and oxygen atoms in total. The van der Waals surface area contributed by atoms with Crippen molar-refractivity contribution in [2.45, 2.75) is 12.8 Å². The average Bonchev–Trinajstić information content (AvgIpc) is 3.14. The Morgan fingerprint density at radius 1 is 1.53 bits per heavy atom. The molecule has 100 valence electrons. The summed E-state index contributed by atoms with van der Waals surface area (Å²) in [5.41, 5.74) is 8.38. The standard InChI is InChI=1S/C14H18N4O/c1-18-9-17-11-6-10(2-3-12(11)18)13(19)16-8-14(7-15)4-5-14/h2-3,6,9H,4-5,7-8,15H2,1H3,(H,16,19). The zero-order chi connectivity index (χ0) is 13.5. The number of fused-ring (bicyclic) bond motifs is 1. The van der Waals surface area contributed by atoms with Crippen molar-refractivity contribution in [1.82, 2.24) is 14.9 Å². The Morgan fingerprint density at radius 2 is 2.32 bits per heavy atom. The van der Waals surface area contributed by atoms with Gasteiger partial charge in [0.25, 0.3) is 5.91 Å². The van der Waals surface area contributed by atoms with Crippen LogP contribution in [0.2, 0.25) is 0 Å². The van der Waals surface area contributed by atoms with Crippen LogP contribution in [0.5, 0.6) is 0 Å². The highest BCUT2D eigenvalue weighted by Crippen LogP contribution is 2.43. The van der Waals surface area contributed by atoms with Crippen LogP contribution in [0.1, 0.15) is 23.2 Å². The Bertz CT molecular complexity index is 627. The highest BCUT2D eigenvalue weighted by Gasteiger charge is 2.41. The van der Waals surface area contributed by atoms with Crippen molar-refractivity contribution in [3.63, 3.8) is 0 Å². The predicted octanol–water partition coefficient (Wildman–Crippen LogP) is 1.04. The van der Waals surface area contributed by atoms with Gasteiger partial charge in [0, 0.05) is 24.6 Å². The maximum atomic E-state index is 12.1. The van der Waals surface area contributed by atoms with E-state index < -0.39 is 0 Å². The van der Waals surface area contributed by atoms with Crippen LogP contribution in [0.15, 0.2) is 24.5 Å². The molecule has 1 aliphatic rings. The first-order valence-corrected chi connectivity index (χ1v) is 6.53. The highest BCUT2D eigenvalue weighted by molar-refractivity contribution is 5.97.